The van der Waals surface area contributed by atoms with Gasteiger partial charge >= 0.3 is 0 Å². The SMILES string of the molecule is CC(C)Oc1nccc2c(=O)cc[nH]c12. The van der Waals surface area contributed by atoms with Gasteiger partial charge in [0.1, 0.15) is 5.52 Å². The van der Waals surface area contributed by atoms with Gasteiger partial charge < -0.3 is 9.72 Å². The van der Waals surface area contributed by atoms with Crippen LogP contribution in [0, 0.1) is 0 Å². The van der Waals surface area contributed by atoms with Crippen LogP contribution in [0.15, 0.2) is 29.3 Å². The fraction of sp³-hybridized carbons (Fsp3) is 0.273. The first-order valence-corrected chi connectivity index (χ1v) is 4.81. The molecule has 0 saturated heterocycles. The summed E-state index contributed by atoms with van der Waals surface area (Å²) >= 11 is 0. The molecule has 0 aromatic carbocycles. The van der Waals surface area contributed by atoms with E-state index in [9.17, 15) is 4.79 Å². The zero-order valence-electron chi connectivity index (χ0n) is 8.65. The summed E-state index contributed by atoms with van der Waals surface area (Å²) in [4.78, 5) is 18.6. The van der Waals surface area contributed by atoms with Gasteiger partial charge in [-0.15, -0.1) is 0 Å². The molecule has 2 heterocycles. The molecule has 4 nitrogen and oxygen atoms in total. The summed E-state index contributed by atoms with van der Waals surface area (Å²) in [5.74, 6) is 0.472. The monoisotopic (exact) mass is 204 g/mol. The number of nitrogens with one attached hydrogen (secondary N) is 1. The van der Waals surface area contributed by atoms with E-state index in [0.717, 1.165) is 0 Å². The Bertz CT molecular complexity index is 531. The zero-order chi connectivity index (χ0) is 10.8. The number of hydrogen-bond donors (Lipinski definition) is 1. The van der Waals surface area contributed by atoms with Crippen LogP contribution in [-0.4, -0.2) is 16.1 Å². The minimum Gasteiger partial charge on any atom is -0.473 e. The third-order valence-electron chi connectivity index (χ3n) is 1.99. The van der Waals surface area contributed by atoms with E-state index >= 15 is 0 Å². The Balaban J connectivity index is 2.66. The average Bonchev–Trinajstić information content (AvgIpc) is 2.19. The zero-order valence-corrected chi connectivity index (χ0v) is 8.65. The number of nitrogens with zero attached hydrogens (tertiary/aromatic N) is 1. The van der Waals surface area contributed by atoms with Gasteiger partial charge in [0.15, 0.2) is 5.43 Å². The summed E-state index contributed by atoms with van der Waals surface area (Å²) in [6.45, 7) is 3.84. The number of rotatable bonds is 2. The maximum absolute atomic E-state index is 11.5. The number of H-pyrrole nitrogens is 1. The van der Waals surface area contributed by atoms with E-state index < -0.39 is 0 Å². The number of fused-ring (bicyclic) bond motifs is 1. The van der Waals surface area contributed by atoms with E-state index in [1.165, 1.54) is 6.07 Å². The molecule has 2 aromatic rings. The molecule has 0 radical (unpaired) electrons. The Kier molecular flexibility index (Phi) is 2.41. The molecule has 0 atom stereocenters. The van der Waals surface area contributed by atoms with E-state index in [1.54, 1.807) is 18.5 Å². The minimum absolute atomic E-state index is 0.0280. The van der Waals surface area contributed by atoms with Crippen molar-refractivity contribution < 1.29 is 4.74 Å². The van der Waals surface area contributed by atoms with Crippen molar-refractivity contribution in [3.05, 3.63) is 34.7 Å². The second-order valence-corrected chi connectivity index (χ2v) is 3.55. The van der Waals surface area contributed by atoms with Gasteiger partial charge in [-0.25, -0.2) is 4.98 Å². The molecule has 0 aliphatic heterocycles. The van der Waals surface area contributed by atoms with Gasteiger partial charge in [-0.3, -0.25) is 4.79 Å². The molecule has 2 aromatic heterocycles. The topological polar surface area (TPSA) is 55.0 Å². The van der Waals surface area contributed by atoms with Crippen LogP contribution in [-0.2, 0) is 0 Å². The molecule has 0 amide bonds. The first kappa shape index (κ1) is 9.71. The van der Waals surface area contributed by atoms with Crippen molar-refractivity contribution in [3.8, 4) is 5.88 Å². The van der Waals surface area contributed by atoms with Crippen molar-refractivity contribution in [3.63, 3.8) is 0 Å². The first-order valence-electron chi connectivity index (χ1n) is 4.81. The summed E-state index contributed by atoms with van der Waals surface area (Å²) in [6.07, 6.45) is 3.21. The highest BCUT2D eigenvalue weighted by atomic mass is 16.5. The third-order valence-corrected chi connectivity index (χ3v) is 1.99. The second-order valence-electron chi connectivity index (χ2n) is 3.55. The summed E-state index contributed by atoms with van der Waals surface area (Å²) in [6, 6.07) is 3.17. The number of pyridine rings is 2. The molecule has 15 heavy (non-hydrogen) atoms. The van der Waals surface area contributed by atoms with E-state index in [4.69, 9.17) is 4.74 Å². The van der Waals surface area contributed by atoms with Gasteiger partial charge in [0, 0.05) is 18.5 Å². The van der Waals surface area contributed by atoms with Crippen LogP contribution >= 0.6 is 0 Å². The molecule has 2 rings (SSSR count). The molecule has 0 aliphatic rings. The van der Waals surface area contributed by atoms with Crippen LogP contribution in [0.3, 0.4) is 0 Å². The van der Waals surface area contributed by atoms with Crippen molar-refractivity contribution in [1.82, 2.24) is 9.97 Å². The Labute approximate surface area is 86.9 Å². The van der Waals surface area contributed by atoms with Crippen LogP contribution in [0.25, 0.3) is 10.9 Å². The molecule has 0 unspecified atom stereocenters. The smallest absolute Gasteiger partial charge is 0.238 e. The van der Waals surface area contributed by atoms with Crippen molar-refractivity contribution in [2.75, 3.05) is 0 Å². The van der Waals surface area contributed by atoms with Crippen LogP contribution in [0.4, 0.5) is 0 Å². The maximum Gasteiger partial charge on any atom is 0.238 e. The molecule has 0 fully saturated rings. The first-order chi connectivity index (χ1) is 7.18. The highest BCUT2D eigenvalue weighted by Crippen LogP contribution is 2.18. The second kappa shape index (κ2) is 3.73. The van der Waals surface area contributed by atoms with Crippen LogP contribution in [0.5, 0.6) is 5.88 Å². The van der Waals surface area contributed by atoms with Crippen LogP contribution in [0.1, 0.15) is 13.8 Å². The maximum atomic E-state index is 11.5. The highest BCUT2D eigenvalue weighted by molar-refractivity contribution is 5.82. The van der Waals surface area contributed by atoms with Crippen molar-refractivity contribution in [2.24, 2.45) is 0 Å². The summed E-state index contributed by atoms with van der Waals surface area (Å²) in [5.41, 5.74) is 0.624. The predicted molar refractivity (Wildman–Crippen MR) is 58.1 cm³/mol. The summed E-state index contributed by atoms with van der Waals surface area (Å²) < 4.78 is 5.50. The Hall–Kier alpha value is -1.84. The lowest BCUT2D eigenvalue weighted by molar-refractivity contribution is 0.235. The fourth-order valence-electron chi connectivity index (χ4n) is 1.39. The molecule has 0 spiro atoms. The largest absolute Gasteiger partial charge is 0.473 e. The molecule has 4 heteroatoms. The lowest BCUT2D eigenvalue weighted by Crippen LogP contribution is -2.09. The van der Waals surface area contributed by atoms with Crippen LogP contribution in [0.2, 0.25) is 0 Å². The van der Waals surface area contributed by atoms with Gasteiger partial charge in [-0.1, -0.05) is 0 Å². The summed E-state index contributed by atoms with van der Waals surface area (Å²) in [5, 5.41) is 0.600. The van der Waals surface area contributed by atoms with Gasteiger partial charge in [-0.2, -0.15) is 0 Å². The lowest BCUT2D eigenvalue weighted by Gasteiger charge is -2.09. The van der Waals surface area contributed by atoms with Crippen LogP contribution < -0.4 is 10.2 Å². The normalized spacial score (nSPS) is 10.9. The van der Waals surface area contributed by atoms with E-state index in [0.29, 0.717) is 16.8 Å². The Morgan fingerprint density at radius 2 is 2.20 bits per heavy atom. The van der Waals surface area contributed by atoms with E-state index in [1.807, 2.05) is 13.8 Å². The highest BCUT2D eigenvalue weighted by Gasteiger charge is 2.07. The Morgan fingerprint density at radius 3 is 2.93 bits per heavy atom. The quantitative estimate of drug-likeness (QED) is 0.810. The van der Waals surface area contributed by atoms with Gasteiger partial charge in [0.2, 0.25) is 5.88 Å². The average molecular weight is 204 g/mol. The van der Waals surface area contributed by atoms with Gasteiger partial charge in [0.25, 0.3) is 0 Å². The number of aromatic amines is 1. The Morgan fingerprint density at radius 1 is 1.40 bits per heavy atom. The third kappa shape index (κ3) is 1.83. The molecule has 78 valence electrons. The number of ether oxygens (including phenoxy) is 1. The standard InChI is InChI=1S/C11H12N2O2/c1-7(2)15-11-10-8(3-5-13-11)9(14)4-6-12-10/h3-7H,1-2H3,(H,12,14). The van der Waals surface area contributed by atoms with Gasteiger partial charge in [0.05, 0.1) is 11.5 Å². The molecule has 0 saturated carbocycles. The number of aromatic nitrogens is 2. The van der Waals surface area contributed by atoms with Gasteiger partial charge in [-0.05, 0) is 19.9 Å². The fourth-order valence-corrected chi connectivity index (χ4v) is 1.39. The van der Waals surface area contributed by atoms with Crippen molar-refractivity contribution in [1.29, 1.82) is 0 Å². The summed E-state index contributed by atoms with van der Waals surface area (Å²) in [7, 11) is 0. The van der Waals surface area contributed by atoms with Crippen molar-refractivity contribution in [2.45, 2.75) is 20.0 Å². The number of hydrogen-bond acceptors (Lipinski definition) is 3. The van der Waals surface area contributed by atoms with E-state index in [2.05, 4.69) is 9.97 Å². The molecule has 0 bridgehead atoms. The minimum atomic E-state index is -0.0280. The lowest BCUT2D eigenvalue weighted by atomic mass is 10.2. The van der Waals surface area contributed by atoms with E-state index in [-0.39, 0.29) is 11.5 Å². The molecular weight excluding hydrogens is 192 g/mol. The van der Waals surface area contributed by atoms with Crippen molar-refractivity contribution >= 4 is 10.9 Å². The molecule has 1 N–H and O–H groups in total. The molecular formula is C11H12N2O2. The molecule has 0 aliphatic carbocycles. The predicted octanol–water partition coefficient (Wildman–Crippen LogP) is 1.71.